The summed E-state index contributed by atoms with van der Waals surface area (Å²) in [7, 11) is 4.49. The van der Waals surface area contributed by atoms with Crippen molar-refractivity contribution in [3.63, 3.8) is 0 Å². The first kappa shape index (κ1) is 18.0. The standard InChI is InChI=1S/C18H33N5OS/c1-20-10-4-7-17(15-20)21(2)11-5-12-22(17)23-16(24)6-13-25-18(23)8-3-9-19-14-18/h19H,3-15H2,1-2H3. The lowest BCUT2D eigenvalue weighted by atomic mass is 9.92. The predicted molar refractivity (Wildman–Crippen MR) is 102 cm³/mol. The minimum atomic E-state index is -0.0746. The Hall–Kier alpha value is -0.340. The molecule has 4 saturated heterocycles. The van der Waals surface area contributed by atoms with Gasteiger partial charge in [0.05, 0.1) is 0 Å². The highest BCUT2D eigenvalue weighted by Crippen LogP contribution is 2.45. The van der Waals surface area contributed by atoms with Gasteiger partial charge in [-0.3, -0.25) is 14.7 Å². The number of likely N-dealkylation sites (tertiary alicyclic amines) is 1. The Morgan fingerprint density at radius 3 is 2.72 bits per heavy atom. The molecule has 0 radical (unpaired) electrons. The second-order valence-electron chi connectivity index (χ2n) is 8.25. The number of carbonyl (C=O) groups is 1. The van der Waals surface area contributed by atoms with E-state index in [2.05, 4.69) is 39.2 Å². The van der Waals surface area contributed by atoms with E-state index in [9.17, 15) is 4.79 Å². The summed E-state index contributed by atoms with van der Waals surface area (Å²) in [5.41, 5.74) is -0.0245. The van der Waals surface area contributed by atoms with Crippen LogP contribution in [0.5, 0.6) is 0 Å². The maximum Gasteiger partial charge on any atom is 0.239 e. The molecule has 0 aromatic rings. The van der Waals surface area contributed by atoms with E-state index in [-0.39, 0.29) is 10.5 Å². The molecule has 4 heterocycles. The van der Waals surface area contributed by atoms with Crippen molar-refractivity contribution in [3.8, 4) is 0 Å². The lowest BCUT2D eigenvalue weighted by Crippen LogP contribution is -2.77. The number of hydrogen-bond donors (Lipinski definition) is 1. The van der Waals surface area contributed by atoms with E-state index >= 15 is 0 Å². The van der Waals surface area contributed by atoms with Crippen molar-refractivity contribution in [2.24, 2.45) is 0 Å². The lowest BCUT2D eigenvalue weighted by Gasteiger charge is -2.63. The van der Waals surface area contributed by atoms with Crippen LogP contribution in [0.15, 0.2) is 0 Å². The minimum Gasteiger partial charge on any atom is -0.313 e. The zero-order chi connectivity index (χ0) is 17.5. The quantitative estimate of drug-likeness (QED) is 0.746. The molecule has 0 aromatic heterocycles. The van der Waals surface area contributed by atoms with E-state index in [4.69, 9.17) is 0 Å². The Morgan fingerprint density at radius 1 is 1.08 bits per heavy atom. The van der Waals surface area contributed by atoms with Crippen LogP contribution in [-0.4, -0.2) is 95.4 Å². The Labute approximate surface area is 156 Å². The van der Waals surface area contributed by atoms with Crippen molar-refractivity contribution in [1.29, 1.82) is 0 Å². The largest absolute Gasteiger partial charge is 0.313 e. The highest BCUT2D eigenvalue weighted by Gasteiger charge is 2.55. The van der Waals surface area contributed by atoms with E-state index in [1.807, 2.05) is 11.8 Å². The third-order valence-electron chi connectivity index (χ3n) is 6.57. The van der Waals surface area contributed by atoms with E-state index in [1.54, 1.807) is 0 Å². The average Bonchev–Trinajstić information content (AvgIpc) is 2.60. The monoisotopic (exact) mass is 367 g/mol. The maximum atomic E-state index is 13.2. The van der Waals surface area contributed by atoms with Crippen LogP contribution in [0.1, 0.15) is 38.5 Å². The molecule has 0 aromatic carbocycles. The summed E-state index contributed by atoms with van der Waals surface area (Å²) in [5.74, 6) is 1.30. The molecule has 4 aliphatic rings. The molecular formula is C18H33N5OS. The third-order valence-corrected chi connectivity index (χ3v) is 8.03. The fourth-order valence-electron chi connectivity index (χ4n) is 5.34. The average molecular weight is 368 g/mol. The minimum absolute atomic E-state index is 0.0245. The van der Waals surface area contributed by atoms with Gasteiger partial charge >= 0.3 is 0 Å². The normalized spacial score (nSPS) is 39.4. The van der Waals surface area contributed by atoms with Gasteiger partial charge < -0.3 is 10.2 Å². The SMILES string of the molecule is CN1CCCC2(C1)N(C)CCCN2N1C(=O)CCSC12CCCNC2. The maximum absolute atomic E-state index is 13.2. The van der Waals surface area contributed by atoms with Crippen molar-refractivity contribution >= 4 is 17.7 Å². The molecule has 142 valence electrons. The molecule has 1 amide bonds. The molecule has 4 rings (SSSR count). The Morgan fingerprint density at radius 2 is 1.96 bits per heavy atom. The number of carbonyl (C=O) groups excluding carboxylic acids is 1. The molecule has 6 nitrogen and oxygen atoms in total. The van der Waals surface area contributed by atoms with Gasteiger partial charge in [-0.25, -0.2) is 0 Å². The molecule has 0 aliphatic carbocycles. The van der Waals surface area contributed by atoms with Crippen molar-refractivity contribution in [3.05, 3.63) is 0 Å². The first-order chi connectivity index (χ1) is 12.1. The zero-order valence-corrected chi connectivity index (χ0v) is 16.6. The zero-order valence-electron chi connectivity index (χ0n) is 15.8. The van der Waals surface area contributed by atoms with E-state index < -0.39 is 0 Å². The summed E-state index contributed by atoms with van der Waals surface area (Å²) in [6.07, 6.45) is 6.46. The molecule has 4 fully saturated rings. The fourth-order valence-corrected chi connectivity index (χ4v) is 6.82. The number of nitrogens with one attached hydrogen (secondary N) is 1. The van der Waals surface area contributed by atoms with Gasteiger partial charge in [0.1, 0.15) is 10.5 Å². The van der Waals surface area contributed by atoms with Gasteiger partial charge in [-0.1, -0.05) is 0 Å². The summed E-state index contributed by atoms with van der Waals surface area (Å²) in [6.45, 7) is 6.34. The number of piperidine rings is 2. The molecule has 7 heteroatoms. The first-order valence-electron chi connectivity index (χ1n) is 9.93. The number of nitrogens with zero attached hydrogens (tertiary/aromatic N) is 4. The van der Waals surface area contributed by atoms with Gasteiger partial charge in [0, 0.05) is 38.4 Å². The lowest BCUT2D eigenvalue weighted by molar-refractivity contribution is -0.231. The predicted octanol–water partition coefficient (Wildman–Crippen LogP) is 1.01. The van der Waals surface area contributed by atoms with Gasteiger partial charge in [0.2, 0.25) is 5.91 Å². The first-order valence-corrected chi connectivity index (χ1v) is 10.9. The number of amides is 1. The van der Waals surface area contributed by atoms with Crippen LogP contribution in [0.4, 0.5) is 0 Å². The fraction of sp³-hybridized carbons (Fsp3) is 0.944. The molecule has 0 bridgehead atoms. The molecule has 25 heavy (non-hydrogen) atoms. The van der Waals surface area contributed by atoms with E-state index in [0.717, 1.165) is 64.2 Å². The van der Waals surface area contributed by atoms with Crippen LogP contribution in [0.3, 0.4) is 0 Å². The topological polar surface area (TPSA) is 42.1 Å². The molecule has 2 atom stereocenters. The van der Waals surface area contributed by atoms with Crippen molar-refractivity contribution in [2.75, 3.05) is 59.1 Å². The number of rotatable bonds is 1. The second kappa shape index (κ2) is 7.00. The highest BCUT2D eigenvalue weighted by molar-refractivity contribution is 8.00. The van der Waals surface area contributed by atoms with Crippen molar-refractivity contribution in [1.82, 2.24) is 25.1 Å². The van der Waals surface area contributed by atoms with Crippen LogP contribution in [0.25, 0.3) is 0 Å². The van der Waals surface area contributed by atoms with Crippen molar-refractivity contribution < 1.29 is 4.79 Å². The van der Waals surface area contributed by atoms with Crippen LogP contribution in [0.2, 0.25) is 0 Å². The third kappa shape index (κ3) is 3.02. The number of thioether (sulfide) groups is 1. The van der Waals surface area contributed by atoms with Crippen LogP contribution >= 0.6 is 11.8 Å². The van der Waals surface area contributed by atoms with Gasteiger partial charge in [0.15, 0.2) is 0 Å². The summed E-state index contributed by atoms with van der Waals surface area (Å²) in [5, 5.41) is 8.33. The molecule has 0 saturated carbocycles. The molecule has 2 spiro atoms. The number of hydrazine groups is 1. The Bertz CT molecular complexity index is 506. The van der Waals surface area contributed by atoms with Gasteiger partial charge in [-0.2, -0.15) is 5.01 Å². The highest BCUT2D eigenvalue weighted by atomic mass is 32.2. The number of likely N-dealkylation sites (N-methyl/N-ethyl adjacent to an activating group) is 2. The summed E-state index contributed by atoms with van der Waals surface area (Å²) < 4.78 is 0. The Balaban J connectivity index is 1.71. The molecule has 4 aliphatic heterocycles. The summed E-state index contributed by atoms with van der Waals surface area (Å²) >= 11 is 2.01. The van der Waals surface area contributed by atoms with Crippen molar-refractivity contribution in [2.45, 2.75) is 49.1 Å². The second-order valence-corrected chi connectivity index (χ2v) is 9.71. The van der Waals surface area contributed by atoms with Gasteiger partial charge in [-0.15, -0.1) is 11.8 Å². The molecule has 2 unspecified atom stereocenters. The number of hydrogen-bond acceptors (Lipinski definition) is 6. The molecule has 1 N–H and O–H groups in total. The molecular weight excluding hydrogens is 334 g/mol. The summed E-state index contributed by atoms with van der Waals surface area (Å²) in [4.78, 5) is 18.1. The van der Waals surface area contributed by atoms with Crippen LogP contribution in [0, 0.1) is 0 Å². The van der Waals surface area contributed by atoms with E-state index in [1.165, 1.54) is 13.0 Å². The Kier molecular flexibility index (Phi) is 5.05. The smallest absolute Gasteiger partial charge is 0.239 e. The van der Waals surface area contributed by atoms with Gasteiger partial charge in [0.25, 0.3) is 0 Å². The van der Waals surface area contributed by atoms with Crippen LogP contribution in [-0.2, 0) is 4.79 Å². The van der Waals surface area contributed by atoms with Crippen LogP contribution < -0.4 is 5.32 Å². The summed E-state index contributed by atoms with van der Waals surface area (Å²) in [6, 6.07) is 0. The van der Waals surface area contributed by atoms with E-state index in [0.29, 0.717) is 12.3 Å². The van der Waals surface area contributed by atoms with Gasteiger partial charge in [-0.05, 0) is 59.3 Å².